The van der Waals surface area contributed by atoms with E-state index in [1.165, 1.54) is 16.7 Å². The molecule has 12 aromatic rings. The molecule has 0 saturated heterocycles. The third-order valence-electron chi connectivity index (χ3n) is 11.9. The Hall–Kier alpha value is -8.21. The molecule has 10 aromatic carbocycles. The van der Waals surface area contributed by atoms with Crippen molar-refractivity contribution in [3.05, 3.63) is 218 Å². The first-order valence-corrected chi connectivity index (χ1v) is 20.6. The van der Waals surface area contributed by atoms with Crippen molar-refractivity contribution >= 4 is 71.6 Å². The van der Waals surface area contributed by atoms with Gasteiger partial charge in [-0.3, -0.25) is 0 Å². The van der Waals surface area contributed by atoms with Crippen molar-refractivity contribution < 1.29 is 8.83 Å². The van der Waals surface area contributed by atoms with E-state index in [1.807, 2.05) is 42.5 Å². The van der Waals surface area contributed by atoms with Gasteiger partial charge in [0.2, 0.25) is 5.89 Å². The molecule has 0 saturated carbocycles. The van der Waals surface area contributed by atoms with Crippen LogP contribution in [-0.2, 0) is 0 Å². The standard InChI is InChI=1S/C57H36N2O2/c1-4-12-37(13-5-1)38-20-22-39(23-21-38)40-24-27-44(28-25-40)59(46-30-33-54-50(35-46)48-18-10-11-19-53(48)60-54)45-29-31-47-49(41-14-6-2-7-15-41)34-43-26-32-52-56(55(43)51(47)36-45)61-57(58-52)42-16-8-3-9-17-42/h1-36H. The fourth-order valence-corrected chi connectivity index (χ4v) is 8.90. The van der Waals surface area contributed by atoms with Gasteiger partial charge in [0.15, 0.2) is 5.58 Å². The van der Waals surface area contributed by atoms with Crippen LogP contribution in [0.1, 0.15) is 0 Å². The number of hydrogen-bond donors (Lipinski definition) is 0. The van der Waals surface area contributed by atoms with Gasteiger partial charge < -0.3 is 13.7 Å². The van der Waals surface area contributed by atoms with E-state index in [4.69, 9.17) is 13.8 Å². The summed E-state index contributed by atoms with van der Waals surface area (Å²) in [5.41, 5.74) is 14.4. The maximum Gasteiger partial charge on any atom is 0.227 e. The average molecular weight is 781 g/mol. The van der Waals surface area contributed by atoms with Crippen molar-refractivity contribution in [3.63, 3.8) is 0 Å². The molecule has 61 heavy (non-hydrogen) atoms. The zero-order valence-corrected chi connectivity index (χ0v) is 33.0. The lowest BCUT2D eigenvalue weighted by Crippen LogP contribution is -2.10. The molecule has 0 radical (unpaired) electrons. The van der Waals surface area contributed by atoms with Gasteiger partial charge in [0.05, 0.1) is 0 Å². The van der Waals surface area contributed by atoms with Crippen LogP contribution in [0.25, 0.3) is 99.4 Å². The minimum Gasteiger partial charge on any atom is -0.456 e. The molecule has 0 aliphatic carbocycles. The molecule has 0 spiro atoms. The Labute approximate surface area is 352 Å². The topological polar surface area (TPSA) is 42.4 Å². The van der Waals surface area contributed by atoms with Crippen LogP contribution in [0.5, 0.6) is 0 Å². The summed E-state index contributed by atoms with van der Waals surface area (Å²) in [7, 11) is 0. The van der Waals surface area contributed by atoms with Crippen LogP contribution in [0.15, 0.2) is 227 Å². The number of fused-ring (bicyclic) bond motifs is 8. The van der Waals surface area contributed by atoms with Crippen molar-refractivity contribution in [1.82, 2.24) is 4.98 Å². The summed E-state index contributed by atoms with van der Waals surface area (Å²) in [4.78, 5) is 7.34. The molecule has 286 valence electrons. The monoisotopic (exact) mass is 780 g/mol. The number of aromatic nitrogens is 1. The second-order valence-electron chi connectivity index (χ2n) is 15.5. The Morgan fingerprint density at radius 1 is 0.344 bits per heavy atom. The van der Waals surface area contributed by atoms with Gasteiger partial charge in [0, 0.05) is 38.8 Å². The maximum absolute atomic E-state index is 6.72. The summed E-state index contributed by atoms with van der Waals surface area (Å²) in [6.45, 7) is 0. The molecule has 0 fully saturated rings. The van der Waals surface area contributed by atoms with Gasteiger partial charge in [-0.25, -0.2) is 4.98 Å². The van der Waals surface area contributed by atoms with Crippen LogP contribution >= 0.6 is 0 Å². The van der Waals surface area contributed by atoms with Gasteiger partial charge in [-0.1, -0.05) is 146 Å². The minimum absolute atomic E-state index is 0.608. The summed E-state index contributed by atoms with van der Waals surface area (Å²) in [5.74, 6) is 0.608. The van der Waals surface area contributed by atoms with Crippen LogP contribution in [0.4, 0.5) is 17.1 Å². The Morgan fingerprint density at radius 2 is 0.885 bits per heavy atom. The summed E-state index contributed by atoms with van der Waals surface area (Å²) in [5, 5.41) is 6.51. The van der Waals surface area contributed by atoms with E-state index in [1.54, 1.807) is 0 Å². The first-order chi connectivity index (χ1) is 30.2. The molecule has 4 nitrogen and oxygen atoms in total. The van der Waals surface area contributed by atoms with Crippen LogP contribution in [-0.4, -0.2) is 4.98 Å². The van der Waals surface area contributed by atoms with Crippen LogP contribution in [0.2, 0.25) is 0 Å². The van der Waals surface area contributed by atoms with Crippen LogP contribution in [0.3, 0.4) is 0 Å². The molecule has 0 aliphatic heterocycles. The van der Waals surface area contributed by atoms with Crippen LogP contribution in [0, 0.1) is 0 Å². The van der Waals surface area contributed by atoms with Crippen molar-refractivity contribution in [3.8, 4) is 44.8 Å². The fourth-order valence-electron chi connectivity index (χ4n) is 8.90. The number of nitrogens with zero attached hydrogens (tertiary/aromatic N) is 2. The zero-order valence-electron chi connectivity index (χ0n) is 33.0. The molecular formula is C57H36N2O2. The average Bonchev–Trinajstić information content (AvgIpc) is 3.94. The predicted molar refractivity (Wildman–Crippen MR) is 253 cm³/mol. The van der Waals surface area contributed by atoms with Gasteiger partial charge in [-0.15, -0.1) is 0 Å². The number of anilines is 3. The predicted octanol–water partition coefficient (Wildman–Crippen LogP) is 16.2. The SMILES string of the molecule is c1ccc(-c2ccc(-c3ccc(N(c4ccc5oc6ccccc6c5c4)c4ccc5c(-c6ccccc6)cc6ccc7nc(-c8ccccc8)oc7c6c5c4)cc3)cc2)cc1. The van der Waals surface area contributed by atoms with Crippen LogP contribution < -0.4 is 4.90 Å². The second-order valence-corrected chi connectivity index (χ2v) is 15.5. The molecule has 4 heteroatoms. The van der Waals surface area contributed by atoms with Crippen molar-refractivity contribution in [2.45, 2.75) is 0 Å². The zero-order chi connectivity index (χ0) is 40.3. The van der Waals surface area contributed by atoms with Gasteiger partial charge in [-0.05, 0) is 122 Å². The normalized spacial score (nSPS) is 11.6. The van der Waals surface area contributed by atoms with Gasteiger partial charge in [-0.2, -0.15) is 0 Å². The first kappa shape index (κ1) is 34.8. The first-order valence-electron chi connectivity index (χ1n) is 20.6. The Morgan fingerprint density at radius 3 is 1.59 bits per heavy atom. The van der Waals surface area contributed by atoms with Gasteiger partial charge >= 0.3 is 0 Å². The summed E-state index contributed by atoms with van der Waals surface area (Å²) >= 11 is 0. The number of para-hydroxylation sites is 1. The fraction of sp³-hybridized carbons (Fsp3) is 0. The quantitative estimate of drug-likeness (QED) is 0.151. The van der Waals surface area contributed by atoms with E-state index in [-0.39, 0.29) is 0 Å². The molecule has 2 heterocycles. The van der Waals surface area contributed by atoms with E-state index in [0.717, 1.165) is 93.9 Å². The molecule has 0 unspecified atom stereocenters. The number of furan rings is 1. The number of rotatable bonds is 7. The number of oxazole rings is 1. The highest BCUT2D eigenvalue weighted by Crippen LogP contribution is 2.45. The molecular weight excluding hydrogens is 745 g/mol. The summed E-state index contributed by atoms with van der Waals surface area (Å²) in [6, 6.07) is 77.1. The largest absolute Gasteiger partial charge is 0.456 e. The highest BCUT2D eigenvalue weighted by molar-refractivity contribution is 6.22. The molecule has 0 atom stereocenters. The third-order valence-corrected chi connectivity index (χ3v) is 11.9. The lowest BCUT2D eigenvalue weighted by Gasteiger charge is -2.26. The van der Waals surface area contributed by atoms with E-state index < -0.39 is 0 Å². The van der Waals surface area contributed by atoms with Gasteiger partial charge in [0.1, 0.15) is 16.7 Å². The number of benzene rings is 10. The lowest BCUT2D eigenvalue weighted by atomic mass is 9.92. The van der Waals surface area contributed by atoms with E-state index in [2.05, 4.69) is 181 Å². The van der Waals surface area contributed by atoms with E-state index in [9.17, 15) is 0 Å². The molecule has 0 aliphatic rings. The third kappa shape index (κ3) is 6.04. The molecule has 0 amide bonds. The highest BCUT2D eigenvalue weighted by Gasteiger charge is 2.20. The summed E-state index contributed by atoms with van der Waals surface area (Å²) < 4.78 is 13.0. The molecule has 0 N–H and O–H groups in total. The maximum atomic E-state index is 6.72. The van der Waals surface area contributed by atoms with E-state index >= 15 is 0 Å². The highest BCUT2D eigenvalue weighted by atomic mass is 16.3. The minimum atomic E-state index is 0.608. The van der Waals surface area contributed by atoms with E-state index in [0.29, 0.717) is 5.89 Å². The smallest absolute Gasteiger partial charge is 0.227 e. The number of hydrogen-bond acceptors (Lipinski definition) is 4. The molecule has 12 rings (SSSR count). The Bertz CT molecular complexity index is 3550. The van der Waals surface area contributed by atoms with Crippen molar-refractivity contribution in [1.29, 1.82) is 0 Å². The Balaban J connectivity index is 1.06. The Kier molecular flexibility index (Phi) is 8.13. The molecule has 2 aromatic heterocycles. The lowest BCUT2D eigenvalue weighted by molar-refractivity contribution is 0.623. The molecule has 0 bridgehead atoms. The van der Waals surface area contributed by atoms with Gasteiger partial charge in [0.25, 0.3) is 0 Å². The van der Waals surface area contributed by atoms with Crippen molar-refractivity contribution in [2.75, 3.05) is 4.90 Å². The second kappa shape index (κ2) is 14.3. The summed E-state index contributed by atoms with van der Waals surface area (Å²) in [6.07, 6.45) is 0. The van der Waals surface area contributed by atoms with Crippen molar-refractivity contribution in [2.24, 2.45) is 0 Å².